The molecule has 0 atom stereocenters. The van der Waals surface area contributed by atoms with E-state index in [1.165, 1.54) is 16.8 Å². The fourth-order valence-electron chi connectivity index (χ4n) is 2.25. The molecule has 6 nitrogen and oxygen atoms in total. The highest BCUT2D eigenvalue weighted by Crippen LogP contribution is 2.42. The van der Waals surface area contributed by atoms with E-state index in [4.69, 9.17) is 9.84 Å². The van der Waals surface area contributed by atoms with E-state index in [1.807, 2.05) is 0 Å². The molecule has 0 aliphatic heterocycles. The third-order valence-corrected chi connectivity index (χ3v) is 3.33. The molecule has 21 heavy (non-hydrogen) atoms. The Hall–Kier alpha value is -2.44. The summed E-state index contributed by atoms with van der Waals surface area (Å²) in [7, 11) is 0. The second-order valence-corrected chi connectivity index (χ2v) is 4.86. The Kier molecular flexibility index (Phi) is 3.32. The highest BCUT2D eigenvalue weighted by molar-refractivity contribution is 5.87. The van der Waals surface area contributed by atoms with Gasteiger partial charge >= 0.3 is 5.97 Å². The smallest absolute Gasteiger partial charge is 0.358 e. The van der Waals surface area contributed by atoms with Crippen molar-refractivity contribution < 1.29 is 19.0 Å². The SMILES string of the molecule is CCOc1ccc(-n2nnc(C(=O)O)c2C2CC2)cc1F. The minimum absolute atomic E-state index is 0.0632. The van der Waals surface area contributed by atoms with E-state index in [0.717, 1.165) is 12.8 Å². The van der Waals surface area contributed by atoms with Crippen molar-refractivity contribution in [3.8, 4) is 11.4 Å². The van der Waals surface area contributed by atoms with Gasteiger partial charge in [-0.05, 0) is 31.9 Å². The van der Waals surface area contributed by atoms with Gasteiger partial charge in [-0.15, -0.1) is 5.10 Å². The lowest BCUT2D eigenvalue weighted by Crippen LogP contribution is -2.06. The van der Waals surface area contributed by atoms with Crippen molar-refractivity contribution in [2.45, 2.75) is 25.7 Å². The Morgan fingerprint density at radius 3 is 2.86 bits per heavy atom. The molecule has 0 unspecified atom stereocenters. The summed E-state index contributed by atoms with van der Waals surface area (Å²) in [6.07, 6.45) is 1.79. The van der Waals surface area contributed by atoms with E-state index >= 15 is 0 Å². The lowest BCUT2D eigenvalue weighted by molar-refractivity contribution is 0.0689. The average molecular weight is 291 g/mol. The molecule has 0 radical (unpaired) electrons. The number of hydrogen-bond acceptors (Lipinski definition) is 4. The maximum Gasteiger partial charge on any atom is 0.358 e. The number of rotatable bonds is 5. The summed E-state index contributed by atoms with van der Waals surface area (Å²) in [5.74, 6) is -1.34. The normalized spacial score (nSPS) is 14.2. The molecular formula is C14H14FN3O3. The number of benzene rings is 1. The van der Waals surface area contributed by atoms with E-state index in [2.05, 4.69) is 10.3 Å². The maximum absolute atomic E-state index is 13.9. The van der Waals surface area contributed by atoms with Crippen molar-refractivity contribution in [3.05, 3.63) is 35.4 Å². The van der Waals surface area contributed by atoms with Crippen molar-refractivity contribution in [2.24, 2.45) is 0 Å². The summed E-state index contributed by atoms with van der Waals surface area (Å²) in [4.78, 5) is 11.2. The quantitative estimate of drug-likeness (QED) is 0.915. The minimum Gasteiger partial charge on any atom is -0.491 e. The van der Waals surface area contributed by atoms with Crippen LogP contribution in [0.15, 0.2) is 18.2 Å². The fourth-order valence-corrected chi connectivity index (χ4v) is 2.25. The third kappa shape index (κ3) is 2.46. The number of aromatic carboxylic acids is 1. The largest absolute Gasteiger partial charge is 0.491 e. The standard InChI is InChI=1S/C14H14FN3O3/c1-2-21-11-6-5-9(7-10(11)15)18-13(8-3-4-8)12(14(19)20)16-17-18/h5-8H,2-4H2,1H3,(H,19,20). The van der Waals surface area contributed by atoms with Gasteiger partial charge < -0.3 is 9.84 Å². The van der Waals surface area contributed by atoms with Gasteiger partial charge in [-0.2, -0.15) is 0 Å². The predicted molar refractivity (Wildman–Crippen MR) is 71.4 cm³/mol. The molecule has 0 spiro atoms. The summed E-state index contributed by atoms with van der Waals surface area (Å²) in [5, 5.41) is 16.7. The van der Waals surface area contributed by atoms with Crippen molar-refractivity contribution in [3.63, 3.8) is 0 Å². The Balaban J connectivity index is 2.04. The number of aromatic nitrogens is 3. The first-order chi connectivity index (χ1) is 10.1. The molecule has 1 saturated carbocycles. The molecule has 1 heterocycles. The molecule has 1 aromatic carbocycles. The molecule has 1 aliphatic rings. The second-order valence-electron chi connectivity index (χ2n) is 4.86. The van der Waals surface area contributed by atoms with Gasteiger partial charge in [-0.3, -0.25) is 0 Å². The van der Waals surface area contributed by atoms with Crippen LogP contribution in [0.2, 0.25) is 0 Å². The van der Waals surface area contributed by atoms with Gasteiger partial charge in [-0.25, -0.2) is 13.9 Å². The van der Waals surface area contributed by atoms with E-state index in [-0.39, 0.29) is 17.4 Å². The van der Waals surface area contributed by atoms with Crippen LogP contribution in [0.3, 0.4) is 0 Å². The van der Waals surface area contributed by atoms with Crippen molar-refractivity contribution in [1.82, 2.24) is 15.0 Å². The van der Waals surface area contributed by atoms with Crippen molar-refractivity contribution >= 4 is 5.97 Å². The van der Waals surface area contributed by atoms with E-state index in [0.29, 0.717) is 18.0 Å². The molecule has 3 rings (SSSR count). The van der Waals surface area contributed by atoms with Gasteiger partial charge in [0.05, 0.1) is 18.0 Å². The summed E-state index contributed by atoms with van der Waals surface area (Å²) in [5.41, 5.74) is 0.913. The fraction of sp³-hybridized carbons (Fsp3) is 0.357. The summed E-state index contributed by atoms with van der Waals surface area (Å²) >= 11 is 0. The van der Waals surface area contributed by atoms with E-state index < -0.39 is 11.8 Å². The van der Waals surface area contributed by atoms with Crippen LogP contribution in [-0.2, 0) is 0 Å². The van der Waals surface area contributed by atoms with Crippen molar-refractivity contribution in [1.29, 1.82) is 0 Å². The molecule has 1 aromatic heterocycles. The van der Waals surface area contributed by atoms with Crippen LogP contribution >= 0.6 is 0 Å². The highest BCUT2D eigenvalue weighted by Gasteiger charge is 2.34. The monoisotopic (exact) mass is 291 g/mol. The van der Waals surface area contributed by atoms with Gasteiger partial charge in [0.15, 0.2) is 17.3 Å². The zero-order valence-electron chi connectivity index (χ0n) is 11.4. The third-order valence-electron chi connectivity index (χ3n) is 3.33. The molecule has 110 valence electrons. The summed E-state index contributed by atoms with van der Waals surface area (Å²) in [6.45, 7) is 2.14. The van der Waals surface area contributed by atoms with Crippen LogP contribution in [0, 0.1) is 5.82 Å². The van der Waals surface area contributed by atoms with Gasteiger partial charge in [0.25, 0.3) is 0 Å². The molecule has 0 bridgehead atoms. The van der Waals surface area contributed by atoms with Crippen LogP contribution in [0.5, 0.6) is 5.75 Å². The molecule has 1 N–H and O–H groups in total. The Labute approximate surface area is 120 Å². The van der Waals surface area contributed by atoms with E-state index in [1.54, 1.807) is 13.0 Å². The zero-order chi connectivity index (χ0) is 15.0. The number of ether oxygens (including phenoxy) is 1. The number of carboxylic acid groups (broad SMARTS) is 1. The van der Waals surface area contributed by atoms with Crippen LogP contribution in [0.1, 0.15) is 41.9 Å². The van der Waals surface area contributed by atoms with Crippen LogP contribution < -0.4 is 4.74 Å². The van der Waals surface area contributed by atoms with Gasteiger partial charge in [0.1, 0.15) is 0 Å². The van der Waals surface area contributed by atoms with E-state index in [9.17, 15) is 9.18 Å². The molecule has 1 fully saturated rings. The molecule has 7 heteroatoms. The second kappa shape index (κ2) is 5.16. The van der Waals surface area contributed by atoms with Crippen LogP contribution in [0.4, 0.5) is 4.39 Å². The summed E-state index contributed by atoms with van der Waals surface area (Å²) < 4.78 is 20.5. The zero-order valence-corrected chi connectivity index (χ0v) is 11.4. The molecule has 1 aliphatic carbocycles. The first kappa shape index (κ1) is 13.5. The maximum atomic E-state index is 13.9. The van der Waals surface area contributed by atoms with Crippen molar-refractivity contribution in [2.75, 3.05) is 6.61 Å². The lowest BCUT2D eigenvalue weighted by Gasteiger charge is -2.09. The first-order valence-corrected chi connectivity index (χ1v) is 6.73. The van der Waals surface area contributed by atoms with Crippen LogP contribution in [-0.4, -0.2) is 32.7 Å². The molecule has 0 saturated heterocycles. The van der Waals surface area contributed by atoms with Gasteiger partial charge in [-0.1, -0.05) is 5.21 Å². The molecule has 2 aromatic rings. The number of carbonyl (C=O) groups is 1. The number of halogens is 1. The number of nitrogens with zero attached hydrogens (tertiary/aromatic N) is 3. The Bertz CT molecular complexity index is 695. The predicted octanol–water partition coefficient (Wildman–Crippen LogP) is 2.38. The topological polar surface area (TPSA) is 77.2 Å². The van der Waals surface area contributed by atoms with Gasteiger partial charge in [0.2, 0.25) is 0 Å². The Morgan fingerprint density at radius 2 is 2.29 bits per heavy atom. The average Bonchev–Trinajstić information content (AvgIpc) is 3.19. The lowest BCUT2D eigenvalue weighted by atomic mass is 10.2. The highest BCUT2D eigenvalue weighted by atomic mass is 19.1. The van der Waals surface area contributed by atoms with Crippen LogP contribution in [0.25, 0.3) is 5.69 Å². The molecule has 0 amide bonds. The first-order valence-electron chi connectivity index (χ1n) is 6.73. The number of carboxylic acids is 1. The number of hydrogen-bond donors (Lipinski definition) is 1. The Morgan fingerprint density at radius 1 is 1.52 bits per heavy atom. The van der Waals surface area contributed by atoms with Gasteiger partial charge in [0, 0.05) is 12.0 Å². The summed E-state index contributed by atoms with van der Waals surface area (Å²) in [6, 6.07) is 4.42. The molecular weight excluding hydrogens is 277 g/mol. The minimum atomic E-state index is -1.12.